The summed E-state index contributed by atoms with van der Waals surface area (Å²) in [7, 11) is 0. The van der Waals surface area contributed by atoms with Gasteiger partial charge in [-0.05, 0) is 56.2 Å². The standard InChI is InChI=1S/C23H24N2O4S/c1-11-9-16(17(23(28)29)10-12(11)2)21(27)25-22-18(20(24)26)15-8-7-13-5-3-4-6-14(13)19(15)30-22/h3-6,16-17H,7-10H2,1-2H3,(H2,24,26)(H,25,27)(H,28,29)/t16-,17-/m1/s1. The van der Waals surface area contributed by atoms with Gasteiger partial charge < -0.3 is 16.2 Å². The van der Waals surface area contributed by atoms with Gasteiger partial charge in [-0.1, -0.05) is 35.4 Å². The van der Waals surface area contributed by atoms with E-state index in [1.807, 2.05) is 32.0 Å². The summed E-state index contributed by atoms with van der Waals surface area (Å²) in [6.07, 6.45) is 2.24. The van der Waals surface area contributed by atoms with Crippen LogP contribution in [0, 0.1) is 11.8 Å². The Hall–Kier alpha value is -2.93. The van der Waals surface area contributed by atoms with Gasteiger partial charge in [0.15, 0.2) is 0 Å². The van der Waals surface area contributed by atoms with Gasteiger partial charge in [-0.25, -0.2) is 0 Å². The lowest BCUT2D eigenvalue weighted by Crippen LogP contribution is -2.36. The zero-order valence-electron chi connectivity index (χ0n) is 17.0. The number of carbonyl (C=O) groups excluding carboxylic acids is 2. The van der Waals surface area contributed by atoms with E-state index in [-0.39, 0.29) is 5.91 Å². The topological polar surface area (TPSA) is 109 Å². The molecule has 0 aliphatic heterocycles. The van der Waals surface area contributed by atoms with Gasteiger partial charge in [0.25, 0.3) is 5.91 Å². The van der Waals surface area contributed by atoms with Gasteiger partial charge in [0.05, 0.1) is 17.4 Å². The van der Waals surface area contributed by atoms with E-state index in [2.05, 4.69) is 11.4 Å². The molecule has 156 valence electrons. The van der Waals surface area contributed by atoms with Crippen molar-refractivity contribution < 1.29 is 19.5 Å². The Labute approximate surface area is 178 Å². The second-order valence-electron chi connectivity index (χ2n) is 8.14. The second kappa shape index (κ2) is 7.72. The van der Waals surface area contributed by atoms with Crippen molar-refractivity contribution in [3.8, 4) is 10.4 Å². The molecule has 0 fully saturated rings. The van der Waals surface area contributed by atoms with Crippen LogP contribution in [0.5, 0.6) is 0 Å². The van der Waals surface area contributed by atoms with E-state index in [1.54, 1.807) is 0 Å². The average molecular weight is 425 g/mol. The molecule has 2 amide bonds. The Balaban J connectivity index is 1.70. The van der Waals surface area contributed by atoms with Crippen LogP contribution in [0.3, 0.4) is 0 Å². The Kier molecular flexibility index (Phi) is 5.24. The molecule has 0 radical (unpaired) electrons. The number of hydrogen-bond donors (Lipinski definition) is 3. The average Bonchev–Trinajstić information content (AvgIpc) is 3.08. The molecule has 0 unspecified atom stereocenters. The molecule has 2 aliphatic rings. The van der Waals surface area contributed by atoms with Crippen LogP contribution in [0.25, 0.3) is 10.4 Å². The minimum Gasteiger partial charge on any atom is -0.481 e. The third-order valence-corrected chi connectivity index (χ3v) is 7.50. The fourth-order valence-electron chi connectivity index (χ4n) is 4.52. The van der Waals surface area contributed by atoms with Crippen molar-refractivity contribution in [3.05, 3.63) is 52.1 Å². The molecule has 4 rings (SSSR count). The molecule has 0 spiro atoms. The van der Waals surface area contributed by atoms with Crippen molar-refractivity contribution in [1.29, 1.82) is 0 Å². The van der Waals surface area contributed by atoms with Crippen molar-refractivity contribution in [2.75, 3.05) is 5.32 Å². The molecule has 7 heteroatoms. The normalized spacial score (nSPS) is 20.3. The number of amides is 2. The largest absolute Gasteiger partial charge is 0.481 e. The molecule has 2 aromatic rings. The van der Waals surface area contributed by atoms with E-state index in [4.69, 9.17) is 5.73 Å². The highest BCUT2D eigenvalue weighted by atomic mass is 32.1. The summed E-state index contributed by atoms with van der Waals surface area (Å²) in [6.45, 7) is 3.85. The summed E-state index contributed by atoms with van der Waals surface area (Å²) in [5, 5.41) is 12.9. The fraction of sp³-hybridized carbons (Fsp3) is 0.348. The number of carboxylic acids is 1. The van der Waals surface area contributed by atoms with Gasteiger partial charge in [-0.2, -0.15) is 0 Å². The molecule has 1 heterocycles. The maximum Gasteiger partial charge on any atom is 0.307 e. The van der Waals surface area contributed by atoms with E-state index < -0.39 is 23.7 Å². The zero-order chi connectivity index (χ0) is 21.6. The van der Waals surface area contributed by atoms with Gasteiger partial charge in [-0.15, -0.1) is 11.3 Å². The number of anilines is 1. The van der Waals surface area contributed by atoms with Crippen LogP contribution in [0.2, 0.25) is 0 Å². The molecule has 1 aromatic carbocycles. The Morgan fingerprint density at radius 1 is 1.07 bits per heavy atom. The summed E-state index contributed by atoms with van der Waals surface area (Å²) in [5.74, 6) is -3.38. The third kappa shape index (κ3) is 3.43. The third-order valence-electron chi connectivity index (χ3n) is 6.32. The molecule has 0 saturated carbocycles. The van der Waals surface area contributed by atoms with Gasteiger partial charge in [0.2, 0.25) is 5.91 Å². The number of benzene rings is 1. The highest BCUT2D eigenvalue weighted by Crippen LogP contribution is 2.45. The number of nitrogens with two attached hydrogens (primary N) is 1. The van der Waals surface area contributed by atoms with E-state index >= 15 is 0 Å². The maximum atomic E-state index is 13.1. The molecule has 1 aromatic heterocycles. The van der Waals surface area contributed by atoms with E-state index in [1.165, 1.54) is 16.9 Å². The summed E-state index contributed by atoms with van der Waals surface area (Å²) < 4.78 is 0. The molecule has 0 bridgehead atoms. The van der Waals surface area contributed by atoms with Crippen molar-refractivity contribution in [1.82, 2.24) is 0 Å². The van der Waals surface area contributed by atoms with Crippen molar-refractivity contribution in [3.63, 3.8) is 0 Å². The second-order valence-corrected chi connectivity index (χ2v) is 9.17. The lowest BCUT2D eigenvalue weighted by atomic mass is 9.76. The number of rotatable bonds is 4. The zero-order valence-corrected chi connectivity index (χ0v) is 17.8. The van der Waals surface area contributed by atoms with Gasteiger partial charge in [0, 0.05) is 4.88 Å². The first-order valence-corrected chi connectivity index (χ1v) is 10.8. The fourth-order valence-corrected chi connectivity index (χ4v) is 5.84. The minimum absolute atomic E-state index is 0.351. The number of aliphatic carboxylic acids is 1. The van der Waals surface area contributed by atoms with Crippen LogP contribution >= 0.6 is 11.3 Å². The number of aryl methyl sites for hydroxylation is 1. The molecule has 2 aliphatic carbocycles. The first kappa shape index (κ1) is 20.3. The van der Waals surface area contributed by atoms with Crippen LogP contribution in [0.15, 0.2) is 35.4 Å². The molecular weight excluding hydrogens is 400 g/mol. The van der Waals surface area contributed by atoms with Gasteiger partial charge in [-0.3, -0.25) is 14.4 Å². The molecular formula is C23H24N2O4S. The van der Waals surface area contributed by atoms with Crippen molar-refractivity contribution >= 4 is 34.1 Å². The number of primary amides is 1. The van der Waals surface area contributed by atoms with Crippen LogP contribution in [0.1, 0.15) is 48.2 Å². The summed E-state index contributed by atoms with van der Waals surface area (Å²) in [5.41, 5.74) is 11.2. The highest BCUT2D eigenvalue weighted by Gasteiger charge is 2.38. The molecule has 30 heavy (non-hydrogen) atoms. The summed E-state index contributed by atoms with van der Waals surface area (Å²) >= 11 is 1.34. The molecule has 4 N–H and O–H groups in total. The van der Waals surface area contributed by atoms with E-state index in [0.717, 1.165) is 33.6 Å². The smallest absolute Gasteiger partial charge is 0.307 e. The van der Waals surface area contributed by atoms with E-state index in [9.17, 15) is 19.5 Å². The molecule has 2 atom stereocenters. The first-order valence-electron chi connectivity index (χ1n) is 10.0. The summed E-state index contributed by atoms with van der Waals surface area (Å²) in [4.78, 5) is 38.1. The number of nitrogens with one attached hydrogen (secondary N) is 1. The number of allylic oxidation sites excluding steroid dienone is 2. The lowest BCUT2D eigenvalue weighted by molar-refractivity contribution is -0.146. The SMILES string of the molecule is CC1=C(C)C[C@@H](C(=O)Nc2sc3c(c2C(N)=O)CCc2ccccc2-3)[C@H](C(=O)O)C1. The molecule has 6 nitrogen and oxygen atoms in total. The van der Waals surface area contributed by atoms with Crippen molar-refractivity contribution in [2.24, 2.45) is 17.6 Å². The van der Waals surface area contributed by atoms with Crippen molar-refractivity contribution in [2.45, 2.75) is 39.5 Å². The maximum absolute atomic E-state index is 13.1. The number of carbonyl (C=O) groups is 3. The van der Waals surface area contributed by atoms with Gasteiger partial charge >= 0.3 is 5.97 Å². The Bertz CT molecular complexity index is 1100. The lowest BCUT2D eigenvalue weighted by Gasteiger charge is -2.29. The minimum atomic E-state index is -0.975. The highest BCUT2D eigenvalue weighted by molar-refractivity contribution is 7.20. The predicted molar refractivity (Wildman–Crippen MR) is 117 cm³/mol. The Morgan fingerprint density at radius 2 is 1.73 bits per heavy atom. The number of thiophene rings is 1. The monoisotopic (exact) mass is 424 g/mol. The Morgan fingerprint density at radius 3 is 2.40 bits per heavy atom. The first-order chi connectivity index (χ1) is 14.3. The number of hydrogen-bond acceptors (Lipinski definition) is 4. The van der Waals surface area contributed by atoms with Gasteiger partial charge in [0.1, 0.15) is 5.00 Å². The van der Waals surface area contributed by atoms with Crippen LogP contribution in [-0.2, 0) is 22.4 Å². The van der Waals surface area contributed by atoms with Crippen LogP contribution < -0.4 is 11.1 Å². The quantitative estimate of drug-likeness (QED) is 0.645. The summed E-state index contributed by atoms with van der Waals surface area (Å²) in [6, 6.07) is 8.02. The number of fused-ring (bicyclic) bond motifs is 3. The number of carboxylic acid groups (broad SMARTS) is 1. The molecule has 0 saturated heterocycles. The van der Waals surface area contributed by atoms with Crippen LogP contribution in [0.4, 0.5) is 5.00 Å². The predicted octanol–water partition coefficient (Wildman–Crippen LogP) is 4.00. The van der Waals surface area contributed by atoms with Crippen LogP contribution in [-0.4, -0.2) is 22.9 Å². The van der Waals surface area contributed by atoms with E-state index in [0.29, 0.717) is 29.8 Å².